The molecule has 0 aromatic heterocycles. The minimum Gasteiger partial charge on any atom is -0.391 e. The van der Waals surface area contributed by atoms with Gasteiger partial charge in [-0.1, -0.05) is 0 Å². The number of hydrogen-bond donors (Lipinski definition) is 2. The Hall–Kier alpha value is -0.320. The predicted molar refractivity (Wildman–Crippen MR) is 52.9 cm³/mol. The molecule has 0 radical (unpaired) electrons. The number of carbonyl (C=O) groups excluding carboxylic acids is 1. The fourth-order valence-corrected chi connectivity index (χ4v) is 1.33. The zero-order valence-corrected chi connectivity index (χ0v) is 8.80. The number of β-amino-alcohol motifs (C(OH)–C–C–N with tert-alkyl or cyclic N) is 1. The summed E-state index contributed by atoms with van der Waals surface area (Å²) < 4.78 is 0. The molecule has 0 saturated carbocycles. The maximum Gasteiger partial charge on any atom is 0.222 e. The molecule has 2 atom stereocenters. The second-order valence-corrected chi connectivity index (χ2v) is 3.48. The smallest absolute Gasteiger partial charge is 0.222 e. The van der Waals surface area contributed by atoms with Gasteiger partial charge in [0, 0.05) is 39.5 Å². The van der Waals surface area contributed by atoms with Crippen molar-refractivity contribution in [2.24, 2.45) is 5.92 Å². The molecule has 78 valence electrons. The van der Waals surface area contributed by atoms with Gasteiger partial charge in [-0.3, -0.25) is 4.79 Å². The van der Waals surface area contributed by atoms with Gasteiger partial charge in [0.1, 0.15) is 0 Å². The van der Waals surface area contributed by atoms with E-state index in [0.29, 0.717) is 13.0 Å². The molecule has 1 rings (SSSR count). The molecule has 0 aromatic carbocycles. The quantitative estimate of drug-likeness (QED) is 0.642. The number of hydrogen-bond acceptors (Lipinski definition) is 3. The van der Waals surface area contributed by atoms with Crippen molar-refractivity contribution in [3.05, 3.63) is 0 Å². The van der Waals surface area contributed by atoms with Crippen molar-refractivity contribution < 1.29 is 9.90 Å². The van der Waals surface area contributed by atoms with Crippen molar-refractivity contribution in [2.45, 2.75) is 12.5 Å². The summed E-state index contributed by atoms with van der Waals surface area (Å²) in [6.45, 7) is 1.37. The van der Waals surface area contributed by atoms with Crippen molar-refractivity contribution in [3.8, 4) is 0 Å². The standard InChI is InChI=1S/C8H16N2O2.ClH/c1-10(2)8(12)3-6-4-9-5-7(6)11;/h6-7,9,11H,3-5H2,1-2H3;1H/t6-,7-;/m1./s1. The van der Waals surface area contributed by atoms with Gasteiger partial charge in [-0.25, -0.2) is 0 Å². The second-order valence-electron chi connectivity index (χ2n) is 3.48. The summed E-state index contributed by atoms with van der Waals surface area (Å²) in [5.41, 5.74) is 0. The third-order valence-electron chi connectivity index (χ3n) is 2.24. The molecule has 1 saturated heterocycles. The Morgan fingerprint density at radius 1 is 1.54 bits per heavy atom. The first-order valence-corrected chi connectivity index (χ1v) is 4.20. The number of amides is 1. The second kappa shape index (κ2) is 5.42. The van der Waals surface area contributed by atoms with Crippen molar-refractivity contribution in [2.75, 3.05) is 27.2 Å². The first kappa shape index (κ1) is 12.7. The van der Waals surface area contributed by atoms with Crippen LogP contribution in [0, 0.1) is 5.92 Å². The molecule has 4 nitrogen and oxygen atoms in total. The Kier molecular flexibility index (Phi) is 5.29. The molecule has 13 heavy (non-hydrogen) atoms. The van der Waals surface area contributed by atoms with E-state index in [2.05, 4.69) is 5.32 Å². The van der Waals surface area contributed by atoms with Crippen LogP contribution in [0.2, 0.25) is 0 Å². The van der Waals surface area contributed by atoms with Gasteiger partial charge in [-0.05, 0) is 0 Å². The summed E-state index contributed by atoms with van der Waals surface area (Å²) in [5, 5.41) is 12.4. The number of rotatable bonds is 2. The fraction of sp³-hybridized carbons (Fsp3) is 0.875. The Morgan fingerprint density at radius 2 is 2.15 bits per heavy atom. The average Bonchev–Trinajstić information content (AvgIpc) is 2.36. The minimum absolute atomic E-state index is 0. The van der Waals surface area contributed by atoms with Crippen molar-refractivity contribution >= 4 is 18.3 Å². The molecule has 1 aliphatic heterocycles. The number of halogens is 1. The van der Waals surface area contributed by atoms with Crippen molar-refractivity contribution in [1.29, 1.82) is 0 Å². The van der Waals surface area contributed by atoms with E-state index in [0.717, 1.165) is 6.54 Å². The molecule has 0 bridgehead atoms. The van der Waals surface area contributed by atoms with E-state index < -0.39 is 0 Å². The number of nitrogens with one attached hydrogen (secondary N) is 1. The van der Waals surface area contributed by atoms with E-state index in [-0.39, 0.29) is 30.3 Å². The lowest BCUT2D eigenvalue weighted by atomic mass is 10.0. The lowest BCUT2D eigenvalue weighted by Crippen LogP contribution is -2.28. The molecule has 0 aliphatic carbocycles. The first-order chi connectivity index (χ1) is 5.61. The fourth-order valence-electron chi connectivity index (χ4n) is 1.33. The van der Waals surface area contributed by atoms with E-state index in [1.54, 1.807) is 19.0 Å². The Labute approximate surface area is 84.7 Å². The van der Waals surface area contributed by atoms with Crippen molar-refractivity contribution in [3.63, 3.8) is 0 Å². The van der Waals surface area contributed by atoms with E-state index in [4.69, 9.17) is 0 Å². The highest BCUT2D eigenvalue weighted by atomic mass is 35.5. The van der Waals surface area contributed by atoms with Crippen LogP contribution in [-0.4, -0.2) is 49.2 Å². The monoisotopic (exact) mass is 208 g/mol. The third-order valence-corrected chi connectivity index (χ3v) is 2.24. The zero-order valence-electron chi connectivity index (χ0n) is 7.99. The van der Waals surface area contributed by atoms with Gasteiger partial charge in [0.05, 0.1) is 6.10 Å². The molecular weight excluding hydrogens is 192 g/mol. The van der Waals surface area contributed by atoms with Crippen LogP contribution in [0.3, 0.4) is 0 Å². The first-order valence-electron chi connectivity index (χ1n) is 4.20. The maximum atomic E-state index is 11.2. The van der Waals surface area contributed by atoms with Crippen LogP contribution in [0.15, 0.2) is 0 Å². The highest BCUT2D eigenvalue weighted by Gasteiger charge is 2.27. The number of aliphatic hydroxyl groups excluding tert-OH is 1. The van der Waals surface area contributed by atoms with Crippen LogP contribution < -0.4 is 5.32 Å². The van der Waals surface area contributed by atoms with Gasteiger partial charge in [-0.2, -0.15) is 0 Å². The average molecular weight is 209 g/mol. The van der Waals surface area contributed by atoms with Crippen molar-refractivity contribution in [1.82, 2.24) is 10.2 Å². The van der Waals surface area contributed by atoms with Crippen LogP contribution in [0.4, 0.5) is 0 Å². The van der Waals surface area contributed by atoms with Gasteiger partial charge in [0.25, 0.3) is 0 Å². The Bertz CT molecular complexity index is 176. The van der Waals surface area contributed by atoms with Crippen LogP contribution in [0.1, 0.15) is 6.42 Å². The zero-order chi connectivity index (χ0) is 9.14. The lowest BCUT2D eigenvalue weighted by molar-refractivity contribution is -0.130. The number of carbonyl (C=O) groups is 1. The lowest BCUT2D eigenvalue weighted by Gasteiger charge is -2.15. The highest BCUT2D eigenvalue weighted by molar-refractivity contribution is 5.85. The van der Waals surface area contributed by atoms with E-state index in [1.165, 1.54) is 0 Å². The van der Waals surface area contributed by atoms with E-state index >= 15 is 0 Å². The Balaban J connectivity index is 0.00000144. The summed E-state index contributed by atoms with van der Waals surface area (Å²) >= 11 is 0. The molecular formula is C8H17ClN2O2. The highest BCUT2D eigenvalue weighted by Crippen LogP contribution is 2.13. The van der Waals surface area contributed by atoms with Crippen LogP contribution >= 0.6 is 12.4 Å². The molecule has 1 fully saturated rings. The van der Waals surface area contributed by atoms with Gasteiger partial charge >= 0.3 is 0 Å². The summed E-state index contributed by atoms with van der Waals surface area (Å²) in [6, 6.07) is 0. The summed E-state index contributed by atoms with van der Waals surface area (Å²) in [5.74, 6) is 0.183. The molecule has 1 amide bonds. The molecule has 1 aliphatic rings. The molecule has 5 heteroatoms. The van der Waals surface area contributed by atoms with Gasteiger partial charge in [0.2, 0.25) is 5.91 Å². The SMILES string of the molecule is CN(C)C(=O)C[C@@H]1CNC[C@H]1O.Cl. The molecule has 1 heterocycles. The minimum atomic E-state index is -0.353. The van der Waals surface area contributed by atoms with E-state index in [1.807, 2.05) is 0 Å². The van der Waals surface area contributed by atoms with E-state index in [9.17, 15) is 9.90 Å². The molecule has 0 spiro atoms. The Morgan fingerprint density at radius 3 is 2.54 bits per heavy atom. The molecule has 0 unspecified atom stereocenters. The summed E-state index contributed by atoms with van der Waals surface area (Å²) in [4.78, 5) is 12.8. The van der Waals surface area contributed by atoms with Crippen LogP contribution in [-0.2, 0) is 4.79 Å². The topological polar surface area (TPSA) is 52.6 Å². The summed E-state index contributed by atoms with van der Waals surface area (Å²) in [6.07, 6.45) is 0.0927. The van der Waals surface area contributed by atoms with Gasteiger partial charge in [-0.15, -0.1) is 12.4 Å². The largest absolute Gasteiger partial charge is 0.391 e. The van der Waals surface area contributed by atoms with Crippen LogP contribution in [0.25, 0.3) is 0 Å². The summed E-state index contributed by atoms with van der Waals surface area (Å²) in [7, 11) is 3.47. The predicted octanol–water partition coefficient (Wildman–Crippen LogP) is -0.533. The molecule has 2 N–H and O–H groups in total. The van der Waals surface area contributed by atoms with Gasteiger partial charge < -0.3 is 15.3 Å². The van der Waals surface area contributed by atoms with Gasteiger partial charge in [0.15, 0.2) is 0 Å². The number of aliphatic hydroxyl groups is 1. The normalized spacial score (nSPS) is 26.7. The van der Waals surface area contributed by atoms with Crippen LogP contribution in [0.5, 0.6) is 0 Å². The third kappa shape index (κ3) is 3.50. The molecule has 0 aromatic rings. The number of nitrogens with zero attached hydrogens (tertiary/aromatic N) is 1. The maximum absolute atomic E-state index is 11.2.